The number of unbranched alkanes of at least 4 members (excludes halogenated alkanes) is 1. The molecule has 0 spiro atoms. The van der Waals surface area contributed by atoms with Gasteiger partial charge in [0.2, 0.25) is 0 Å². The average molecular weight is 268 g/mol. The van der Waals surface area contributed by atoms with Crippen LogP contribution in [0.25, 0.3) is 0 Å². The molecule has 0 radical (unpaired) electrons. The number of hydrogen-bond donors (Lipinski definition) is 1. The maximum absolute atomic E-state index is 6.24. The lowest BCUT2D eigenvalue weighted by Crippen LogP contribution is -2.60. The smallest absolute Gasteiger partial charge is 0.0616 e. The molecule has 3 heteroatoms. The Labute approximate surface area is 118 Å². The highest BCUT2D eigenvalue weighted by molar-refractivity contribution is 5.02. The Morgan fingerprint density at radius 3 is 2.63 bits per heavy atom. The molecule has 2 N–H and O–H groups in total. The van der Waals surface area contributed by atoms with Crippen molar-refractivity contribution in [3.63, 3.8) is 0 Å². The van der Waals surface area contributed by atoms with E-state index >= 15 is 0 Å². The molecule has 112 valence electrons. The van der Waals surface area contributed by atoms with Crippen molar-refractivity contribution < 1.29 is 4.74 Å². The number of nitrogens with two attached hydrogens (primary N) is 1. The first-order chi connectivity index (χ1) is 9.13. The molecule has 1 aliphatic heterocycles. The summed E-state index contributed by atoms with van der Waals surface area (Å²) >= 11 is 0. The van der Waals surface area contributed by atoms with Crippen LogP contribution < -0.4 is 5.73 Å². The van der Waals surface area contributed by atoms with Gasteiger partial charge >= 0.3 is 0 Å². The number of nitrogens with zero attached hydrogens (tertiary/aromatic N) is 1. The van der Waals surface area contributed by atoms with E-state index in [1.807, 2.05) is 0 Å². The first-order valence-electron chi connectivity index (χ1n) is 8.21. The van der Waals surface area contributed by atoms with Crippen molar-refractivity contribution in [1.82, 2.24) is 4.90 Å². The van der Waals surface area contributed by atoms with E-state index in [0.717, 1.165) is 32.0 Å². The van der Waals surface area contributed by atoms with Crippen LogP contribution in [-0.2, 0) is 4.74 Å². The Bertz CT molecular complexity index is 278. The summed E-state index contributed by atoms with van der Waals surface area (Å²) in [6.07, 6.45) is 7.95. The minimum Gasteiger partial charge on any atom is -0.378 e. The van der Waals surface area contributed by atoms with Crippen LogP contribution in [-0.4, -0.2) is 42.3 Å². The zero-order valence-electron chi connectivity index (χ0n) is 13.0. The quantitative estimate of drug-likeness (QED) is 0.771. The van der Waals surface area contributed by atoms with E-state index in [2.05, 4.69) is 25.7 Å². The van der Waals surface area contributed by atoms with E-state index < -0.39 is 0 Å². The van der Waals surface area contributed by atoms with E-state index in [1.54, 1.807) is 0 Å². The zero-order valence-corrected chi connectivity index (χ0v) is 13.0. The molecular weight excluding hydrogens is 236 g/mol. The molecule has 1 aliphatic carbocycles. The standard InChI is InChI=1S/C16H32N2O/c1-4-5-9-18(14-6-7-14)16(12-17)8-10-19-15(11-16)13(2)3/h13-15H,4-12,17H2,1-3H3. The topological polar surface area (TPSA) is 38.5 Å². The molecule has 2 aliphatic rings. The molecule has 1 heterocycles. The highest BCUT2D eigenvalue weighted by Crippen LogP contribution is 2.40. The third kappa shape index (κ3) is 3.50. The maximum atomic E-state index is 6.24. The van der Waals surface area contributed by atoms with Crippen LogP contribution in [0.1, 0.15) is 59.3 Å². The number of ether oxygens (including phenoxy) is 1. The van der Waals surface area contributed by atoms with Gasteiger partial charge in [-0.3, -0.25) is 4.90 Å². The summed E-state index contributed by atoms with van der Waals surface area (Å²) in [6, 6.07) is 0.806. The normalized spacial score (nSPS) is 32.2. The van der Waals surface area contributed by atoms with Gasteiger partial charge in [0, 0.05) is 24.7 Å². The largest absolute Gasteiger partial charge is 0.378 e. The van der Waals surface area contributed by atoms with Gasteiger partial charge in [-0.2, -0.15) is 0 Å². The van der Waals surface area contributed by atoms with Crippen molar-refractivity contribution in [3.8, 4) is 0 Å². The van der Waals surface area contributed by atoms with Crippen molar-refractivity contribution in [3.05, 3.63) is 0 Å². The van der Waals surface area contributed by atoms with Crippen molar-refractivity contribution in [2.45, 2.75) is 77.0 Å². The van der Waals surface area contributed by atoms with Gasteiger partial charge < -0.3 is 10.5 Å². The Balaban J connectivity index is 2.09. The monoisotopic (exact) mass is 268 g/mol. The van der Waals surface area contributed by atoms with Gasteiger partial charge in [0.1, 0.15) is 0 Å². The summed E-state index contributed by atoms with van der Waals surface area (Å²) in [5, 5.41) is 0. The van der Waals surface area contributed by atoms with Crippen molar-refractivity contribution >= 4 is 0 Å². The zero-order chi connectivity index (χ0) is 13.9. The predicted octanol–water partition coefficient (Wildman–Crippen LogP) is 2.78. The van der Waals surface area contributed by atoms with Crippen LogP contribution in [0.2, 0.25) is 0 Å². The fourth-order valence-corrected chi connectivity index (χ4v) is 3.45. The average Bonchev–Trinajstić information content (AvgIpc) is 3.24. The van der Waals surface area contributed by atoms with Crippen molar-refractivity contribution in [1.29, 1.82) is 0 Å². The summed E-state index contributed by atoms with van der Waals surface area (Å²) in [5.74, 6) is 0.596. The van der Waals surface area contributed by atoms with Crippen molar-refractivity contribution in [2.75, 3.05) is 19.7 Å². The molecular formula is C16H32N2O. The second-order valence-corrected chi connectivity index (χ2v) is 6.81. The first kappa shape index (κ1) is 15.3. The van der Waals surface area contributed by atoms with E-state index in [9.17, 15) is 0 Å². The fourth-order valence-electron chi connectivity index (χ4n) is 3.45. The molecule has 2 rings (SSSR count). The Morgan fingerprint density at radius 1 is 1.37 bits per heavy atom. The van der Waals surface area contributed by atoms with E-state index in [1.165, 1.54) is 32.2 Å². The van der Waals surface area contributed by atoms with E-state index in [-0.39, 0.29) is 5.54 Å². The lowest BCUT2D eigenvalue weighted by molar-refractivity contribution is -0.0903. The van der Waals surface area contributed by atoms with Gasteiger partial charge in [-0.25, -0.2) is 0 Å². The molecule has 1 saturated heterocycles. The van der Waals surface area contributed by atoms with Crippen LogP contribution in [0.4, 0.5) is 0 Å². The third-order valence-corrected chi connectivity index (χ3v) is 4.95. The fraction of sp³-hybridized carbons (Fsp3) is 1.00. The molecule has 19 heavy (non-hydrogen) atoms. The summed E-state index contributed by atoms with van der Waals surface area (Å²) in [7, 11) is 0. The van der Waals surface area contributed by atoms with Crippen LogP contribution in [0.15, 0.2) is 0 Å². The predicted molar refractivity (Wildman–Crippen MR) is 80.2 cm³/mol. The molecule has 1 saturated carbocycles. The van der Waals surface area contributed by atoms with E-state index in [0.29, 0.717) is 12.0 Å². The summed E-state index contributed by atoms with van der Waals surface area (Å²) < 4.78 is 5.97. The van der Waals surface area contributed by atoms with Crippen LogP contribution in [0, 0.1) is 5.92 Å². The van der Waals surface area contributed by atoms with Gasteiger partial charge in [0.05, 0.1) is 6.10 Å². The highest BCUT2D eigenvalue weighted by atomic mass is 16.5. The van der Waals surface area contributed by atoms with Gasteiger partial charge in [-0.05, 0) is 44.6 Å². The molecule has 0 bridgehead atoms. The van der Waals surface area contributed by atoms with Gasteiger partial charge in [-0.1, -0.05) is 27.2 Å². The van der Waals surface area contributed by atoms with Crippen molar-refractivity contribution in [2.24, 2.45) is 11.7 Å². The van der Waals surface area contributed by atoms with Crippen LogP contribution >= 0.6 is 0 Å². The second kappa shape index (κ2) is 6.55. The minimum absolute atomic E-state index is 0.212. The summed E-state index contributed by atoms with van der Waals surface area (Å²) in [4.78, 5) is 2.76. The molecule has 2 unspecified atom stereocenters. The Kier molecular flexibility index (Phi) is 5.27. The van der Waals surface area contributed by atoms with Gasteiger partial charge in [-0.15, -0.1) is 0 Å². The molecule has 2 atom stereocenters. The van der Waals surface area contributed by atoms with Crippen LogP contribution in [0.3, 0.4) is 0 Å². The minimum atomic E-state index is 0.212. The third-order valence-electron chi connectivity index (χ3n) is 4.95. The lowest BCUT2D eigenvalue weighted by atomic mass is 9.81. The Morgan fingerprint density at radius 2 is 2.11 bits per heavy atom. The maximum Gasteiger partial charge on any atom is 0.0616 e. The lowest BCUT2D eigenvalue weighted by Gasteiger charge is -2.49. The molecule has 0 aromatic carbocycles. The number of rotatable bonds is 7. The SMILES string of the molecule is CCCCN(C1CC1)C1(CN)CCOC(C(C)C)C1. The summed E-state index contributed by atoms with van der Waals surface area (Å²) in [6.45, 7) is 9.72. The number of hydrogen-bond acceptors (Lipinski definition) is 3. The molecule has 0 aromatic heterocycles. The summed E-state index contributed by atoms with van der Waals surface area (Å²) in [5.41, 5.74) is 6.45. The molecule has 0 aromatic rings. The van der Waals surface area contributed by atoms with E-state index in [4.69, 9.17) is 10.5 Å². The first-order valence-corrected chi connectivity index (χ1v) is 8.21. The molecule has 2 fully saturated rings. The van der Waals surface area contributed by atoms with Gasteiger partial charge in [0.25, 0.3) is 0 Å². The highest BCUT2D eigenvalue weighted by Gasteiger charge is 2.46. The van der Waals surface area contributed by atoms with Gasteiger partial charge in [0.15, 0.2) is 0 Å². The van der Waals surface area contributed by atoms with Crippen LogP contribution in [0.5, 0.6) is 0 Å². The molecule has 3 nitrogen and oxygen atoms in total. The second-order valence-electron chi connectivity index (χ2n) is 6.81. The molecule has 0 amide bonds. The Hall–Kier alpha value is -0.120.